The molecule has 22 heavy (non-hydrogen) atoms. The highest BCUT2D eigenvalue weighted by Crippen LogP contribution is 2.30. The van der Waals surface area contributed by atoms with Crippen LogP contribution in [0.1, 0.15) is 39.5 Å². The third-order valence-corrected chi connectivity index (χ3v) is 4.31. The number of hydrogen-bond donors (Lipinski definition) is 1. The molecule has 120 valence electrons. The topological polar surface area (TPSA) is 76.5 Å². The fraction of sp³-hybridized carbons (Fsp3) is 0.400. The SMILES string of the molecule is CCCC.O=C(O)CCC(=O)OSc1nc2ccccc2s1. The summed E-state index contributed by atoms with van der Waals surface area (Å²) in [5, 5.41) is 8.42. The molecule has 0 unspecified atom stereocenters. The van der Waals surface area contributed by atoms with Gasteiger partial charge in [0.05, 0.1) is 23.1 Å². The monoisotopic (exact) mass is 341 g/mol. The van der Waals surface area contributed by atoms with Gasteiger partial charge in [-0.2, -0.15) is 0 Å². The lowest BCUT2D eigenvalue weighted by Crippen LogP contribution is -2.03. The number of carboxylic acids is 1. The molecule has 0 aliphatic carbocycles. The number of para-hydroxylation sites is 1. The molecule has 0 atom stereocenters. The van der Waals surface area contributed by atoms with Crippen LogP contribution < -0.4 is 0 Å². The minimum absolute atomic E-state index is 0.132. The van der Waals surface area contributed by atoms with Crippen LogP contribution in [0.2, 0.25) is 0 Å². The molecule has 0 spiro atoms. The molecular weight excluding hydrogens is 322 g/mol. The summed E-state index contributed by atoms with van der Waals surface area (Å²) in [5.41, 5.74) is 0.853. The zero-order valence-corrected chi connectivity index (χ0v) is 14.2. The van der Waals surface area contributed by atoms with Crippen molar-refractivity contribution in [3.63, 3.8) is 0 Å². The van der Waals surface area contributed by atoms with Gasteiger partial charge < -0.3 is 9.29 Å². The average molecular weight is 341 g/mol. The normalized spacial score (nSPS) is 9.91. The first kappa shape index (κ1) is 18.4. The Balaban J connectivity index is 0.000000541. The molecule has 1 N–H and O–H groups in total. The van der Waals surface area contributed by atoms with Gasteiger partial charge in [0.2, 0.25) is 0 Å². The van der Waals surface area contributed by atoms with E-state index in [2.05, 4.69) is 18.8 Å². The fourth-order valence-electron chi connectivity index (χ4n) is 1.22. The summed E-state index contributed by atoms with van der Waals surface area (Å²) in [5.74, 6) is -1.57. The molecule has 1 aromatic heterocycles. The van der Waals surface area contributed by atoms with E-state index in [1.165, 1.54) is 24.2 Å². The molecule has 0 saturated carbocycles. The predicted octanol–water partition coefficient (Wildman–Crippen LogP) is 4.52. The minimum atomic E-state index is -1.02. The second kappa shape index (κ2) is 10.2. The number of carbonyl (C=O) groups excluding carboxylic acids is 1. The van der Waals surface area contributed by atoms with Crippen molar-refractivity contribution in [1.82, 2.24) is 4.98 Å². The van der Waals surface area contributed by atoms with E-state index in [1.807, 2.05) is 24.3 Å². The van der Waals surface area contributed by atoms with Gasteiger partial charge in [-0.15, -0.1) is 11.3 Å². The molecule has 2 aromatic rings. The number of thiazole rings is 1. The maximum absolute atomic E-state index is 11.2. The van der Waals surface area contributed by atoms with Crippen molar-refractivity contribution in [2.75, 3.05) is 0 Å². The van der Waals surface area contributed by atoms with E-state index in [4.69, 9.17) is 9.29 Å². The molecule has 0 radical (unpaired) electrons. The number of rotatable bonds is 6. The number of hydrogen-bond acceptors (Lipinski definition) is 6. The second-order valence-corrected chi connectivity index (χ2v) is 6.39. The van der Waals surface area contributed by atoms with Crippen LogP contribution in [0.25, 0.3) is 10.2 Å². The molecule has 5 nitrogen and oxygen atoms in total. The van der Waals surface area contributed by atoms with Crippen LogP contribution in [0.5, 0.6) is 0 Å². The summed E-state index contributed by atoms with van der Waals surface area (Å²) in [4.78, 5) is 25.7. The third kappa shape index (κ3) is 6.91. The maximum atomic E-state index is 11.2. The second-order valence-electron chi connectivity index (χ2n) is 4.38. The summed E-state index contributed by atoms with van der Waals surface area (Å²) in [6, 6.07) is 7.61. The standard InChI is InChI=1S/C11H9NO4S2.C4H10/c13-9(14)5-6-10(15)16-18-11-12-7-3-1-2-4-8(7)17-11;1-3-4-2/h1-4H,5-6H2,(H,13,14);3-4H2,1-2H3. The Labute approximate surface area is 137 Å². The number of benzene rings is 1. The zero-order chi connectivity index (χ0) is 16.4. The Kier molecular flexibility index (Phi) is 8.54. The lowest BCUT2D eigenvalue weighted by atomic mass is 10.3. The van der Waals surface area contributed by atoms with Crippen LogP contribution in [0.15, 0.2) is 28.6 Å². The Hall–Kier alpha value is -1.60. The molecule has 1 aromatic carbocycles. The molecule has 0 bridgehead atoms. The van der Waals surface area contributed by atoms with Gasteiger partial charge in [-0.05, 0) is 12.1 Å². The van der Waals surface area contributed by atoms with Crippen molar-refractivity contribution >= 4 is 45.5 Å². The number of unbranched alkanes of at least 4 members (excludes halogenated alkanes) is 1. The van der Waals surface area contributed by atoms with E-state index in [9.17, 15) is 9.59 Å². The van der Waals surface area contributed by atoms with Crippen molar-refractivity contribution < 1.29 is 18.9 Å². The first-order valence-electron chi connectivity index (χ1n) is 7.01. The van der Waals surface area contributed by atoms with Gasteiger partial charge in [0.25, 0.3) is 0 Å². The van der Waals surface area contributed by atoms with Crippen LogP contribution >= 0.6 is 23.4 Å². The van der Waals surface area contributed by atoms with Gasteiger partial charge >= 0.3 is 11.9 Å². The summed E-state index contributed by atoms with van der Waals surface area (Å²) in [6.45, 7) is 4.36. The molecule has 0 fully saturated rings. The highest BCUT2D eigenvalue weighted by molar-refractivity contribution is 7.97. The van der Waals surface area contributed by atoms with Crippen molar-refractivity contribution in [3.05, 3.63) is 24.3 Å². The molecule has 0 aliphatic heterocycles. The predicted molar refractivity (Wildman–Crippen MR) is 89.0 cm³/mol. The quantitative estimate of drug-likeness (QED) is 0.779. The van der Waals surface area contributed by atoms with Crippen LogP contribution in [-0.4, -0.2) is 22.0 Å². The van der Waals surface area contributed by atoms with E-state index < -0.39 is 11.9 Å². The lowest BCUT2D eigenvalue weighted by Gasteiger charge is -1.97. The van der Waals surface area contributed by atoms with Gasteiger partial charge in [-0.3, -0.25) is 9.59 Å². The molecule has 2 rings (SSSR count). The van der Waals surface area contributed by atoms with Gasteiger partial charge in [0.15, 0.2) is 4.34 Å². The molecule has 0 amide bonds. The first-order chi connectivity index (χ1) is 10.6. The van der Waals surface area contributed by atoms with Crippen molar-refractivity contribution in [2.45, 2.75) is 43.9 Å². The fourth-order valence-corrected chi connectivity index (χ4v) is 2.81. The van der Waals surface area contributed by atoms with Gasteiger partial charge in [0.1, 0.15) is 12.0 Å². The van der Waals surface area contributed by atoms with Crippen LogP contribution in [0.3, 0.4) is 0 Å². The zero-order valence-electron chi connectivity index (χ0n) is 12.6. The number of aliphatic carboxylic acids is 1. The third-order valence-electron chi connectivity index (χ3n) is 2.52. The van der Waals surface area contributed by atoms with E-state index in [-0.39, 0.29) is 12.8 Å². The molecular formula is C15H19NO4S2. The number of fused-ring (bicyclic) bond motifs is 1. The van der Waals surface area contributed by atoms with Crippen molar-refractivity contribution in [3.8, 4) is 0 Å². The Morgan fingerprint density at radius 2 is 1.91 bits per heavy atom. The van der Waals surface area contributed by atoms with E-state index in [0.29, 0.717) is 4.34 Å². The van der Waals surface area contributed by atoms with Gasteiger partial charge in [0, 0.05) is 0 Å². The van der Waals surface area contributed by atoms with Gasteiger partial charge in [-0.25, -0.2) is 4.98 Å². The molecule has 0 saturated heterocycles. The lowest BCUT2D eigenvalue weighted by molar-refractivity contribution is -0.141. The largest absolute Gasteiger partial charge is 0.481 e. The number of aromatic nitrogens is 1. The number of carbonyl (C=O) groups is 2. The molecule has 1 heterocycles. The summed E-state index contributed by atoms with van der Waals surface area (Å²) in [6.07, 6.45) is 2.28. The van der Waals surface area contributed by atoms with E-state index in [0.717, 1.165) is 22.3 Å². The van der Waals surface area contributed by atoms with Gasteiger partial charge in [-0.1, -0.05) is 38.8 Å². The Morgan fingerprint density at radius 1 is 1.23 bits per heavy atom. The average Bonchev–Trinajstić information content (AvgIpc) is 2.94. The van der Waals surface area contributed by atoms with Crippen LogP contribution in [0, 0.1) is 0 Å². The number of carboxylic acid groups (broad SMARTS) is 1. The van der Waals surface area contributed by atoms with Crippen molar-refractivity contribution in [1.29, 1.82) is 0 Å². The highest BCUT2D eigenvalue weighted by Gasteiger charge is 2.10. The van der Waals surface area contributed by atoms with Crippen molar-refractivity contribution in [2.24, 2.45) is 0 Å². The van der Waals surface area contributed by atoms with E-state index in [1.54, 1.807) is 0 Å². The smallest absolute Gasteiger partial charge is 0.318 e. The first-order valence-corrected chi connectivity index (χ1v) is 8.57. The summed E-state index contributed by atoms with van der Waals surface area (Å²) < 4.78 is 6.51. The van der Waals surface area contributed by atoms with E-state index >= 15 is 0 Å². The molecule has 0 aliphatic rings. The minimum Gasteiger partial charge on any atom is -0.481 e. The molecule has 7 heteroatoms. The highest BCUT2D eigenvalue weighted by atomic mass is 32.2. The summed E-state index contributed by atoms with van der Waals surface area (Å²) >= 11 is 2.29. The van der Waals surface area contributed by atoms with Crippen LogP contribution in [0.4, 0.5) is 0 Å². The Morgan fingerprint density at radius 3 is 2.50 bits per heavy atom. The Bertz CT molecular complexity index is 577. The summed E-state index contributed by atoms with van der Waals surface area (Å²) in [7, 11) is 0. The number of nitrogens with zero attached hydrogens (tertiary/aromatic N) is 1. The maximum Gasteiger partial charge on any atom is 0.318 e. The van der Waals surface area contributed by atoms with Crippen LogP contribution in [-0.2, 0) is 13.8 Å².